The highest BCUT2D eigenvalue weighted by atomic mass is 16.4. The molecule has 0 radical (unpaired) electrons. The summed E-state index contributed by atoms with van der Waals surface area (Å²) >= 11 is 0. The van der Waals surface area contributed by atoms with E-state index in [2.05, 4.69) is 35.9 Å². The normalized spacial score (nSPS) is 17.0. The predicted octanol–water partition coefficient (Wildman–Crippen LogP) is 2.99. The van der Waals surface area contributed by atoms with E-state index in [-0.39, 0.29) is 11.8 Å². The fraction of sp³-hybridized carbons (Fsp3) is 0.400. The number of rotatable bonds is 3. The Bertz CT molecular complexity index is 635. The zero-order valence-corrected chi connectivity index (χ0v) is 10.7. The maximum absolute atomic E-state index is 11.0. The first-order valence-corrected chi connectivity index (χ1v) is 6.30. The number of aliphatic carboxylic acids is 1. The SMILES string of the molecule is Cc1cn(C)c2ccc(C3(CC(=O)O)CC3)cc12. The highest BCUT2D eigenvalue weighted by Crippen LogP contribution is 2.51. The Kier molecular flexibility index (Phi) is 2.27. The van der Waals surface area contributed by atoms with E-state index in [1.54, 1.807) is 0 Å². The van der Waals surface area contributed by atoms with Gasteiger partial charge >= 0.3 is 5.97 Å². The molecule has 0 aliphatic heterocycles. The highest BCUT2D eigenvalue weighted by Gasteiger charge is 2.46. The van der Waals surface area contributed by atoms with E-state index < -0.39 is 5.97 Å². The summed E-state index contributed by atoms with van der Waals surface area (Å²) in [5.74, 6) is -0.697. The number of benzene rings is 1. The van der Waals surface area contributed by atoms with Crippen LogP contribution in [0.2, 0.25) is 0 Å². The molecule has 1 aliphatic carbocycles. The Morgan fingerprint density at radius 2 is 2.17 bits per heavy atom. The third-order valence-electron chi connectivity index (χ3n) is 4.14. The van der Waals surface area contributed by atoms with Crippen molar-refractivity contribution in [3.63, 3.8) is 0 Å². The maximum Gasteiger partial charge on any atom is 0.304 e. The van der Waals surface area contributed by atoms with E-state index in [1.165, 1.54) is 22.0 Å². The van der Waals surface area contributed by atoms with Crippen molar-refractivity contribution in [3.05, 3.63) is 35.5 Å². The average molecular weight is 243 g/mol. The van der Waals surface area contributed by atoms with Crippen molar-refractivity contribution in [2.75, 3.05) is 0 Å². The molecule has 1 aromatic carbocycles. The van der Waals surface area contributed by atoms with Crippen molar-refractivity contribution in [1.82, 2.24) is 4.57 Å². The Morgan fingerprint density at radius 1 is 1.44 bits per heavy atom. The van der Waals surface area contributed by atoms with Gasteiger partial charge in [-0.3, -0.25) is 4.79 Å². The van der Waals surface area contributed by atoms with Crippen molar-refractivity contribution in [2.45, 2.75) is 31.6 Å². The first-order valence-electron chi connectivity index (χ1n) is 6.30. The van der Waals surface area contributed by atoms with Gasteiger partial charge in [-0.05, 0) is 43.0 Å². The van der Waals surface area contributed by atoms with Crippen LogP contribution >= 0.6 is 0 Å². The second-order valence-electron chi connectivity index (χ2n) is 5.51. The van der Waals surface area contributed by atoms with Crippen LogP contribution in [-0.4, -0.2) is 15.6 Å². The van der Waals surface area contributed by atoms with Gasteiger partial charge in [0.1, 0.15) is 0 Å². The van der Waals surface area contributed by atoms with E-state index >= 15 is 0 Å². The molecule has 1 aromatic heterocycles. The molecule has 0 unspecified atom stereocenters. The van der Waals surface area contributed by atoms with E-state index in [0.717, 1.165) is 12.8 Å². The summed E-state index contributed by atoms with van der Waals surface area (Å²) in [6, 6.07) is 6.39. The molecule has 1 fully saturated rings. The van der Waals surface area contributed by atoms with Gasteiger partial charge in [-0.15, -0.1) is 0 Å². The zero-order chi connectivity index (χ0) is 12.9. The summed E-state index contributed by atoms with van der Waals surface area (Å²) in [6.07, 6.45) is 4.36. The van der Waals surface area contributed by atoms with E-state index in [0.29, 0.717) is 0 Å². The molecule has 0 atom stereocenters. The molecule has 3 nitrogen and oxygen atoms in total. The van der Waals surface area contributed by atoms with Crippen LogP contribution in [0.3, 0.4) is 0 Å². The lowest BCUT2D eigenvalue weighted by Gasteiger charge is -2.13. The molecule has 1 aliphatic rings. The smallest absolute Gasteiger partial charge is 0.304 e. The number of carbonyl (C=O) groups is 1. The Balaban J connectivity index is 2.09. The Hall–Kier alpha value is -1.77. The van der Waals surface area contributed by atoms with Crippen LogP contribution in [0.1, 0.15) is 30.4 Å². The number of aromatic nitrogens is 1. The number of aryl methyl sites for hydroxylation is 2. The third kappa shape index (κ3) is 1.62. The monoisotopic (exact) mass is 243 g/mol. The van der Waals surface area contributed by atoms with Gasteiger partial charge in [-0.2, -0.15) is 0 Å². The minimum Gasteiger partial charge on any atom is -0.481 e. The number of hydrogen-bond donors (Lipinski definition) is 1. The van der Waals surface area contributed by atoms with Gasteiger partial charge in [0, 0.05) is 29.6 Å². The van der Waals surface area contributed by atoms with Crippen LogP contribution in [-0.2, 0) is 17.3 Å². The van der Waals surface area contributed by atoms with Crippen molar-refractivity contribution in [3.8, 4) is 0 Å². The summed E-state index contributed by atoms with van der Waals surface area (Å²) in [4.78, 5) is 11.0. The lowest BCUT2D eigenvalue weighted by Crippen LogP contribution is -2.12. The molecule has 2 aromatic rings. The molecular weight excluding hydrogens is 226 g/mol. The number of carboxylic acids is 1. The van der Waals surface area contributed by atoms with Crippen molar-refractivity contribution in [2.24, 2.45) is 7.05 Å². The molecule has 0 spiro atoms. The lowest BCUT2D eigenvalue weighted by molar-refractivity contribution is -0.137. The molecule has 94 valence electrons. The average Bonchev–Trinajstić information content (AvgIpc) is 3.02. The second kappa shape index (κ2) is 3.61. The Morgan fingerprint density at radius 3 is 2.78 bits per heavy atom. The first kappa shape index (κ1) is 11.3. The van der Waals surface area contributed by atoms with Crippen LogP contribution in [0.5, 0.6) is 0 Å². The number of fused-ring (bicyclic) bond motifs is 1. The lowest BCUT2D eigenvalue weighted by atomic mass is 9.91. The van der Waals surface area contributed by atoms with Crippen molar-refractivity contribution >= 4 is 16.9 Å². The van der Waals surface area contributed by atoms with Crippen LogP contribution in [0.25, 0.3) is 10.9 Å². The summed E-state index contributed by atoms with van der Waals surface area (Å²) in [7, 11) is 2.04. The Labute approximate surface area is 106 Å². The minimum absolute atomic E-state index is 0.0949. The van der Waals surface area contributed by atoms with Gasteiger partial charge in [-0.1, -0.05) is 6.07 Å². The number of hydrogen-bond acceptors (Lipinski definition) is 1. The maximum atomic E-state index is 11.0. The largest absolute Gasteiger partial charge is 0.481 e. The molecular formula is C15H17NO2. The topological polar surface area (TPSA) is 42.2 Å². The summed E-state index contributed by atoms with van der Waals surface area (Å²) in [6.45, 7) is 2.10. The zero-order valence-electron chi connectivity index (χ0n) is 10.7. The molecule has 3 heteroatoms. The van der Waals surface area contributed by atoms with Gasteiger partial charge < -0.3 is 9.67 Å². The van der Waals surface area contributed by atoms with E-state index in [4.69, 9.17) is 5.11 Å². The molecule has 1 heterocycles. The van der Waals surface area contributed by atoms with Crippen LogP contribution in [0, 0.1) is 6.92 Å². The summed E-state index contributed by atoms with van der Waals surface area (Å²) < 4.78 is 2.12. The van der Waals surface area contributed by atoms with Crippen LogP contribution < -0.4 is 0 Å². The van der Waals surface area contributed by atoms with Crippen LogP contribution in [0.15, 0.2) is 24.4 Å². The fourth-order valence-corrected chi connectivity index (χ4v) is 2.93. The number of carboxylic acid groups (broad SMARTS) is 1. The molecule has 1 saturated carbocycles. The van der Waals surface area contributed by atoms with E-state index in [1.807, 2.05) is 7.05 Å². The molecule has 3 rings (SSSR count). The van der Waals surface area contributed by atoms with Gasteiger partial charge in [0.05, 0.1) is 6.42 Å². The van der Waals surface area contributed by atoms with Crippen molar-refractivity contribution in [1.29, 1.82) is 0 Å². The van der Waals surface area contributed by atoms with Gasteiger partial charge in [-0.25, -0.2) is 0 Å². The third-order valence-corrected chi connectivity index (χ3v) is 4.14. The molecule has 0 saturated heterocycles. The van der Waals surface area contributed by atoms with Crippen LogP contribution in [0.4, 0.5) is 0 Å². The minimum atomic E-state index is -0.697. The second-order valence-corrected chi connectivity index (χ2v) is 5.51. The number of nitrogens with zero attached hydrogens (tertiary/aromatic N) is 1. The van der Waals surface area contributed by atoms with Crippen molar-refractivity contribution < 1.29 is 9.90 Å². The first-order chi connectivity index (χ1) is 8.52. The predicted molar refractivity (Wildman–Crippen MR) is 70.8 cm³/mol. The standard InChI is InChI=1S/C15H17NO2/c1-10-9-16(2)13-4-3-11(7-12(10)13)15(5-6-15)8-14(17)18/h3-4,7,9H,5-6,8H2,1-2H3,(H,17,18). The molecule has 0 amide bonds. The molecule has 0 bridgehead atoms. The highest BCUT2D eigenvalue weighted by molar-refractivity contribution is 5.85. The summed E-state index contributed by atoms with van der Waals surface area (Å²) in [5, 5.41) is 10.3. The molecule has 18 heavy (non-hydrogen) atoms. The van der Waals surface area contributed by atoms with Gasteiger partial charge in [0.15, 0.2) is 0 Å². The van der Waals surface area contributed by atoms with E-state index in [9.17, 15) is 4.79 Å². The fourth-order valence-electron chi connectivity index (χ4n) is 2.93. The quantitative estimate of drug-likeness (QED) is 0.900. The molecule has 1 N–H and O–H groups in total. The van der Waals surface area contributed by atoms with Gasteiger partial charge in [0.2, 0.25) is 0 Å². The summed E-state index contributed by atoms with van der Waals surface area (Å²) in [5.41, 5.74) is 3.55. The van der Waals surface area contributed by atoms with Gasteiger partial charge in [0.25, 0.3) is 0 Å².